The highest BCUT2D eigenvalue weighted by atomic mass is 16.5. The number of hydrogen-bond donors (Lipinski definition) is 1. The zero-order chi connectivity index (χ0) is 17.4. The number of morpholine rings is 1. The van der Waals surface area contributed by atoms with E-state index in [0.717, 1.165) is 48.6 Å². The number of nitrogens with two attached hydrogens (primary N) is 1. The molecular weight excluding hydrogens is 316 g/mol. The van der Waals surface area contributed by atoms with Crippen molar-refractivity contribution in [1.82, 2.24) is 9.97 Å². The molecule has 0 aliphatic carbocycles. The van der Waals surface area contributed by atoms with Crippen LogP contribution in [0.5, 0.6) is 5.88 Å². The Morgan fingerprint density at radius 2 is 1.96 bits per heavy atom. The molecule has 2 aliphatic heterocycles. The van der Waals surface area contributed by atoms with Gasteiger partial charge in [-0.2, -0.15) is 0 Å². The van der Waals surface area contributed by atoms with Crippen molar-refractivity contribution < 1.29 is 9.47 Å². The number of aryl methyl sites for hydroxylation is 1. The number of pyridine rings is 2. The first-order valence-corrected chi connectivity index (χ1v) is 8.88. The molecule has 0 saturated carbocycles. The molecule has 2 saturated heterocycles. The number of rotatable bonds is 4. The molecule has 2 aromatic heterocycles. The summed E-state index contributed by atoms with van der Waals surface area (Å²) in [5.41, 5.74) is 10.6. The van der Waals surface area contributed by atoms with Gasteiger partial charge in [0.15, 0.2) is 0 Å². The summed E-state index contributed by atoms with van der Waals surface area (Å²) in [6.45, 7) is 6.11. The van der Waals surface area contributed by atoms with Crippen molar-refractivity contribution in [2.24, 2.45) is 0 Å². The Hall–Kier alpha value is -2.34. The van der Waals surface area contributed by atoms with Gasteiger partial charge in [0.25, 0.3) is 0 Å². The minimum absolute atomic E-state index is 0.398. The van der Waals surface area contributed by atoms with E-state index in [9.17, 15) is 0 Å². The molecule has 4 heterocycles. The largest absolute Gasteiger partial charge is 0.476 e. The third kappa shape index (κ3) is 2.91. The lowest BCUT2D eigenvalue weighted by Crippen LogP contribution is -2.46. The zero-order valence-corrected chi connectivity index (χ0v) is 14.7. The first kappa shape index (κ1) is 16.1. The van der Waals surface area contributed by atoms with Crippen LogP contribution in [0.15, 0.2) is 24.5 Å². The van der Waals surface area contributed by atoms with Crippen LogP contribution in [0.3, 0.4) is 0 Å². The molecule has 0 amide bonds. The lowest BCUT2D eigenvalue weighted by atomic mass is 10.0. The maximum Gasteiger partial charge on any atom is 0.237 e. The van der Waals surface area contributed by atoms with Gasteiger partial charge < -0.3 is 20.1 Å². The SMILES string of the molecule is CCOc1ncc(-c2cc(N)cnc2C)cc1N1C2CCC1COC2. The zero-order valence-electron chi connectivity index (χ0n) is 14.7. The predicted octanol–water partition coefficient (Wildman–Crippen LogP) is 2.80. The molecule has 2 N–H and O–H groups in total. The number of aromatic nitrogens is 2. The Kier molecular flexibility index (Phi) is 4.21. The number of nitrogens with zero attached hydrogens (tertiary/aromatic N) is 3. The van der Waals surface area contributed by atoms with E-state index in [2.05, 4.69) is 20.9 Å². The van der Waals surface area contributed by atoms with Gasteiger partial charge in [-0.1, -0.05) is 0 Å². The van der Waals surface area contributed by atoms with Crippen LogP contribution in [0.25, 0.3) is 11.1 Å². The van der Waals surface area contributed by atoms with Gasteiger partial charge in [0.05, 0.1) is 43.8 Å². The third-order valence-corrected chi connectivity index (χ3v) is 5.05. The number of hydrogen-bond acceptors (Lipinski definition) is 6. The minimum Gasteiger partial charge on any atom is -0.476 e. The van der Waals surface area contributed by atoms with Crippen LogP contribution in [0.2, 0.25) is 0 Å². The molecule has 2 aromatic rings. The van der Waals surface area contributed by atoms with Gasteiger partial charge in [0, 0.05) is 23.0 Å². The first-order valence-electron chi connectivity index (χ1n) is 8.88. The summed E-state index contributed by atoms with van der Waals surface area (Å²) < 4.78 is 11.6. The topological polar surface area (TPSA) is 73.5 Å². The lowest BCUT2D eigenvalue weighted by Gasteiger charge is -2.37. The molecule has 2 fully saturated rings. The Labute approximate surface area is 148 Å². The second-order valence-corrected chi connectivity index (χ2v) is 6.71. The van der Waals surface area contributed by atoms with E-state index in [1.165, 1.54) is 0 Å². The summed E-state index contributed by atoms with van der Waals surface area (Å²) >= 11 is 0. The number of ether oxygens (including phenoxy) is 2. The molecule has 4 rings (SSSR count). The Morgan fingerprint density at radius 1 is 1.20 bits per heavy atom. The summed E-state index contributed by atoms with van der Waals surface area (Å²) in [5.74, 6) is 0.694. The average molecular weight is 340 g/mol. The van der Waals surface area contributed by atoms with Crippen LogP contribution in [-0.2, 0) is 4.74 Å². The standard InChI is InChI=1S/C19H24N4O2/c1-3-25-19-18(23-15-4-5-16(23)11-24-10-15)6-13(8-22-19)17-7-14(20)9-21-12(17)2/h6-9,15-16H,3-5,10-11,20H2,1-2H3. The van der Waals surface area contributed by atoms with Gasteiger partial charge in [-0.25, -0.2) is 4.98 Å². The van der Waals surface area contributed by atoms with Crippen LogP contribution < -0.4 is 15.4 Å². The molecule has 25 heavy (non-hydrogen) atoms. The van der Waals surface area contributed by atoms with Crippen molar-refractivity contribution in [3.05, 3.63) is 30.2 Å². The molecule has 2 unspecified atom stereocenters. The summed E-state index contributed by atoms with van der Waals surface area (Å²) in [4.78, 5) is 11.4. The van der Waals surface area contributed by atoms with Crippen molar-refractivity contribution in [2.75, 3.05) is 30.5 Å². The van der Waals surface area contributed by atoms with E-state index in [1.807, 2.05) is 26.1 Å². The maximum absolute atomic E-state index is 5.94. The summed E-state index contributed by atoms with van der Waals surface area (Å²) in [7, 11) is 0. The van der Waals surface area contributed by atoms with Gasteiger partial charge in [-0.05, 0) is 38.8 Å². The molecule has 2 bridgehead atoms. The van der Waals surface area contributed by atoms with Crippen molar-refractivity contribution in [3.63, 3.8) is 0 Å². The molecule has 2 aliphatic rings. The smallest absolute Gasteiger partial charge is 0.237 e. The van der Waals surface area contributed by atoms with E-state index in [-0.39, 0.29) is 0 Å². The van der Waals surface area contributed by atoms with E-state index < -0.39 is 0 Å². The number of fused-ring (bicyclic) bond motifs is 2. The predicted molar refractivity (Wildman–Crippen MR) is 97.9 cm³/mol. The molecule has 6 nitrogen and oxygen atoms in total. The van der Waals surface area contributed by atoms with Gasteiger partial charge >= 0.3 is 0 Å². The Morgan fingerprint density at radius 3 is 2.68 bits per heavy atom. The highest BCUT2D eigenvalue weighted by molar-refractivity contribution is 5.74. The van der Waals surface area contributed by atoms with Crippen LogP contribution in [0.1, 0.15) is 25.5 Å². The van der Waals surface area contributed by atoms with Gasteiger partial charge in [0.1, 0.15) is 5.69 Å². The number of nitrogen functional groups attached to an aromatic ring is 1. The fourth-order valence-corrected chi connectivity index (χ4v) is 3.88. The molecule has 132 valence electrons. The second kappa shape index (κ2) is 6.52. The highest BCUT2D eigenvalue weighted by Crippen LogP contribution is 2.40. The van der Waals surface area contributed by atoms with E-state index in [4.69, 9.17) is 15.2 Å². The van der Waals surface area contributed by atoms with E-state index >= 15 is 0 Å². The van der Waals surface area contributed by atoms with Crippen molar-refractivity contribution in [2.45, 2.75) is 38.8 Å². The first-order chi connectivity index (χ1) is 12.2. The van der Waals surface area contributed by atoms with Crippen LogP contribution in [-0.4, -0.2) is 41.9 Å². The molecular formula is C19H24N4O2. The number of anilines is 2. The minimum atomic E-state index is 0.398. The summed E-state index contributed by atoms with van der Waals surface area (Å²) in [6, 6.07) is 4.92. The molecule has 2 atom stereocenters. The fourth-order valence-electron chi connectivity index (χ4n) is 3.88. The monoisotopic (exact) mass is 340 g/mol. The normalized spacial score (nSPS) is 22.2. The maximum atomic E-state index is 5.94. The molecule has 6 heteroatoms. The average Bonchev–Trinajstić information content (AvgIpc) is 2.86. The van der Waals surface area contributed by atoms with Crippen LogP contribution in [0, 0.1) is 6.92 Å². The van der Waals surface area contributed by atoms with Crippen molar-refractivity contribution in [1.29, 1.82) is 0 Å². The van der Waals surface area contributed by atoms with E-state index in [0.29, 0.717) is 30.3 Å². The molecule has 0 radical (unpaired) electrons. The highest BCUT2D eigenvalue weighted by Gasteiger charge is 2.39. The quantitative estimate of drug-likeness (QED) is 0.922. The molecule has 0 aromatic carbocycles. The van der Waals surface area contributed by atoms with Gasteiger partial charge in [-0.3, -0.25) is 4.98 Å². The Bertz CT molecular complexity index is 764. The van der Waals surface area contributed by atoms with Gasteiger partial charge in [0.2, 0.25) is 5.88 Å². The second-order valence-electron chi connectivity index (χ2n) is 6.71. The fraction of sp³-hybridized carbons (Fsp3) is 0.474. The van der Waals surface area contributed by atoms with E-state index in [1.54, 1.807) is 6.20 Å². The molecule has 0 spiro atoms. The lowest BCUT2D eigenvalue weighted by molar-refractivity contribution is 0.0902. The Balaban J connectivity index is 1.80. The van der Waals surface area contributed by atoms with Crippen molar-refractivity contribution in [3.8, 4) is 17.0 Å². The van der Waals surface area contributed by atoms with Crippen LogP contribution in [0.4, 0.5) is 11.4 Å². The summed E-state index contributed by atoms with van der Waals surface area (Å²) in [6.07, 6.45) is 5.84. The third-order valence-electron chi connectivity index (χ3n) is 5.05. The summed E-state index contributed by atoms with van der Waals surface area (Å²) in [5, 5.41) is 0. The van der Waals surface area contributed by atoms with Crippen molar-refractivity contribution >= 4 is 11.4 Å². The van der Waals surface area contributed by atoms with Crippen LogP contribution >= 0.6 is 0 Å². The van der Waals surface area contributed by atoms with Gasteiger partial charge in [-0.15, -0.1) is 0 Å².